The molecule has 1 fully saturated rings. The highest BCUT2D eigenvalue weighted by atomic mass is 32.2. The van der Waals surface area contributed by atoms with Crippen molar-refractivity contribution in [3.63, 3.8) is 0 Å². The lowest BCUT2D eigenvalue weighted by atomic mass is 10.0. The fourth-order valence-electron chi connectivity index (χ4n) is 2.52. The third-order valence-electron chi connectivity index (χ3n) is 3.78. The molecule has 1 unspecified atom stereocenters. The molecular formula is C14H21FN2O3S. The summed E-state index contributed by atoms with van der Waals surface area (Å²) in [6, 6.07) is 2.44. The van der Waals surface area contributed by atoms with Crippen LogP contribution in [-0.4, -0.2) is 39.5 Å². The zero-order valence-corrected chi connectivity index (χ0v) is 13.1. The summed E-state index contributed by atoms with van der Waals surface area (Å²) >= 11 is 0. The first kappa shape index (κ1) is 16.2. The van der Waals surface area contributed by atoms with Crippen LogP contribution < -0.4 is 5.73 Å². The van der Waals surface area contributed by atoms with Crippen LogP contribution >= 0.6 is 0 Å². The molecule has 0 aliphatic carbocycles. The molecule has 0 spiro atoms. The Hall–Kier alpha value is -1.18. The van der Waals surface area contributed by atoms with Crippen LogP contribution in [0.2, 0.25) is 0 Å². The van der Waals surface area contributed by atoms with Gasteiger partial charge in [0.25, 0.3) is 0 Å². The fourth-order valence-corrected chi connectivity index (χ4v) is 4.03. The fraction of sp³-hybridized carbons (Fsp3) is 0.571. The Labute approximate surface area is 124 Å². The average molecular weight is 316 g/mol. The standard InChI is InChI=1S/C14H21FN2O3S/c1-10-13(15)6-12(16)7-14(10)21(18,19)17(2)8-11-4-3-5-20-9-11/h6-7,11H,3-5,8-9,16H2,1-2H3. The van der Waals surface area contributed by atoms with Gasteiger partial charge in [0.1, 0.15) is 5.82 Å². The van der Waals surface area contributed by atoms with E-state index in [0.29, 0.717) is 13.2 Å². The molecule has 1 aromatic carbocycles. The largest absolute Gasteiger partial charge is 0.399 e. The Morgan fingerprint density at radius 1 is 1.48 bits per heavy atom. The van der Waals surface area contributed by atoms with E-state index in [2.05, 4.69) is 0 Å². The molecule has 21 heavy (non-hydrogen) atoms. The van der Waals surface area contributed by atoms with Crippen LogP contribution in [0.25, 0.3) is 0 Å². The molecule has 1 aromatic rings. The lowest BCUT2D eigenvalue weighted by Crippen LogP contribution is -2.35. The number of halogens is 1. The quantitative estimate of drug-likeness (QED) is 0.859. The van der Waals surface area contributed by atoms with E-state index in [1.165, 1.54) is 24.3 Å². The second kappa shape index (κ2) is 6.29. The third kappa shape index (κ3) is 3.53. The highest BCUT2D eigenvalue weighted by molar-refractivity contribution is 7.89. The Bertz CT molecular complexity index is 613. The van der Waals surface area contributed by atoms with Crippen molar-refractivity contribution in [2.75, 3.05) is 32.5 Å². The van der Waals surface area contributed by atoms with Gasteiger partial charge in [-0.05, 0) is 37.8 Å². The molecule has 7 heteroatoms. The van der Waals surface area contributed by atoms with Crippen LogP contribution in [0.15, 0.2) is 17.0 Å². The summed E-state index contributed by atoms with van der Waals surface area (Å²) in [7, 11) is -2.25. The number of sulfonamides is 1. The molecule has 0 amide bonds. The van der Waals surface area contributed by atoms with Gasteiger partial charge >= 0.3 is 0 Å². The summed E-state index contributed by atoms with van der Waals surface area (Å²) in [5, 5.41) is 0. The lowest BCUT2D eigenvalue weighted by molar-refractivity contribution is 0.0495. The minimum atomic E-state index is -3.76. The average Bonchev–Trinajstić information content (AvgIpc) is 2.43. The van der Waals surface area contributed by atoms with Crippen LogP contribution in [0.4, 0.5) is 10.1 Å². The number of nitrogen functional groups attached to an aromatic ring is 1. The Morgan fingerprint density at radius 3 is 2.81 bits per heavy atom. The van der Waals surface area contributed by atoms with Gasteiger partial charge in [0.2, 0.25) is 10.0 Å². The van der Waals surface area contributed by atoms with Gasteiger partial charge in [0.15, 0.2) is 0 Å². The number of ether oxygens (including phenoxy) is 1. The van der Waals surface area contributed by atoms with E-state index in [0.717, 1.165) is 25.5 Å². The Balaban J connectivity index is 2.24. The van der Waals surface area contributed by atoms with Crippen molar-refractivity contribution >= 4 is 15.7 Å². The smallest absolute Gasteiger partial charge is 0.243 e. The summed E-state index contributed by atoms with van der Waals surface area (Å²) in [4.78, 5) is -0.0702. The highest BCUT2D eigenvalue weighted by Gasteiger charge is 2.27. The predicted octanol–water partition coefficient (Wildman–Crippen LogP) is 1.76. The maximum absolute atomic E-state index is 13.7. The van der Waals surface area contributed by atoms with Crippen LogP contribution in [0.1, 0.15) is 18.4 Å². The van der Waals surface area contributed by atoms with E-state index >= 15 is 0 Å². The van der Waals surface area contributed by atoms with Gasteiger partial charge in [0, 0.05) is 31.5 Å². The van der Waals surface area contributed by atoms with Crippen molar-refractivity contribution < 1.29 is 17.5 Å². The molecule has 1 atom stereocenters. The molecule has 1 saturated heterocycles. The van der Waals surface area contributed by atoms with Gasteiger partial charge in [-0.15, -0.1) is 0 Å². The monoisotopic (exact) mass is 316 g/mol. The Morgan fingerprint density at radius 2 is 2.19 bits per heavy atom. The number of hydrogen-bond acceptors (Lipinski definition) is 4. The summed E-state index contributed by atoms with van der Waals surface area (Å²) in [6.45, 7) is 3.09. The SMILES string of the molecule is Cc1c(F)cc(N)cc1S(=O)(=O)N(C)CC1CCCOC1. The van der Waals surface area contributed by atoms with E-state index < -0.39 is 15.8 Å². The van der Waals surface area contributed by atoms with E-state index in [-0.39, 0.29) is 22.1 Å². The van der Waals surface area contributed by atoms with Crippen LogP contribution in [0.5, 0.6) is 0 Å². The van der Waals surface area contributed by atoms with Crippen molar-refractivity contribution in [2.45, 2.75) is 24.7 Å². The molecule has 0 bridgehead atoms. The molecule has 118 valence electrons. The first-order chi connectivity index (χ1) is 9.82. The van der Waals surface area contributed by atoms with Gasteiger partial charge < -0.3 is 10.5 Å². The number of nitrogens with two attached hydrogens (primary N) is 1. The van der Waals surface area contributed by atoms with Crippen molar-refractivity contribution in [2.24, 2.45) is 5.92 Å². The Kier molecular flexibility index (Phi) is 4.85. The van der Waals surface area contributed by atoms with E-state index in [1.807, 2.05) is 0 Å². The van der Waals surface area contributed by atoms with Crippen molar-refractivity contribution in [3.05, 3.63) is 23.5 Å². The minimum absolute atomic E-state index is 0.0702. The summed E-state index contributed by atoms with van der Waals surface area (Å²) < 4.78 is 45.5. The molecule has 5 nitrogen and oxygen atoms in total. The lowest BCUT2D eigenvalue weighted by Gasteiger charge is -2.27. The number of benzene rings is 1. The van der Waals surface area contributed by atoms with Crippen molar-refractivity contribution in [1.29, 1.82) is 0 Å². The van der Waals surface area contributed by atoms with Gasteiger partial charge in [-0.2, -0.15) is 0 Å². The third-order valence-corrected chi connectivity index (χ3v) is 5.73. The predicted molar refractivity (Wildman–Crippen MR) is 78.9 cm³/mol. The van der Waals surface area contributed by atoms with Gasteiger partial charge in [0.05, 0.1) is 11.5 Å². The molecule has 1 aliphatic heterocycles. The zero-order valence-electron chi connectivity index (χ0n) is 12.3. The number of rotatable bonds is 4. The first-order valence-corrected chi connectivity index (χ1v) is 8.36. The van der Waals surface area contributed by atoms with Crippen LogP contribution in [-0.2, 0) is 14.8 Å². The van der Waals surface area contributed by atoms with E-state index in [9.17, 15) is 12.8 Å². The summed E-state index contributed by atoms with van der Waals surface area (Å²) in [6.07, 6.45) is 1.87. The number of nitrogens with zero attached hydrogens (tertiary/aromatic N) is 1. The van der Waals surface area contributed by atoms with Gasteiger partial charge in [-0.3, -0.25) is 0 Å². The maximum atomic E-state index is 13.7. The van der Waals surface area contributed by atoms with Crippen LogP contribution in [0, 0.1) is 18.7 Å². The number of anilines is 1. The maximum Gasteiger partial charge on any atom is 0.243 e. The number of hydrogen-bond donors (Lipinski definition) is 1. The molecule has 0 radical (unpaired) electrons. The molecule has 2 rings (SSSR count). The summed E-state index contributed by atoms with van der Waals surface area (Å²) in [5.41, 5.74) is 5.76. The normalized spacial score (nSPS) is 19.9. The second-order valence-corrected chi connectivity index (χ2v) is 7.51. The molecule has 2 N–H and O–H groups in total. The highest BCUT2D eigenvalue weighted by Crippen LogP contribution is 2.25. The van der Waals surface area contributed by atoms with Crippen molar-refractivity contribution in [1.82, 2.24) is 4.31 Å². The molecule has 0 aromatic heterocycles. The first-order valence-electron chi connectivity index (χ1n) is 6.92. The van der Waals surface area contributed by atoms with Gasteiger partial charge in [-0.25, -0.2) is 17.1 Å². The van der Waals surface area contributed by atoms with Gasteiger partial charge in [-0.1, -0.05) is 0 Å². The molecular weight excluding hydrogens is 295 g/mol. The minimum Gasteiger partial charge on any atom is -0.399 e. The molecule has 0 saturated carbocycles. The van der Waals surface area contributed by atoms with E-state index in [1.54, 1.807) is 0 Å². The van der Waals surface area contributed by atoms with E-state index in [4.69, 9.17) is 10.5 Å². The molecule has 1 heterocycles. The summed E-state index contributed by atoms with van der Waals surface area (Å²) in [5.74, 6) is -0.437. The topological polar surface area (TPSA) is 72.6 Å². The van der Waals surface area contributed by atoms with Crippen molar-refractivity contribution in [3.8, 4) is 0 Å². The second-order valence-electron chi connectivity index (χ2n) is 5.49. The molecule has 1 aliphatic rings. The zero-order chi connectivity index (χ0) is 15.6. The van der Waals surface area contributed by atoms with Crippen LogP contribution in [0.3, 0.4) is 0 Å².